The lowest BCUT2D eigenvalue weighted by molar-refractivity contribution is 0.552. The van der Waals surface area contributed by atoms with Crippen LogP contribution in [-0.2, 0) is 16.6 Å². The minimum Gasteiger partial charge on any atom is -0.440 e. The first-order chi connectivity index (χ1) is 10.0. The van der Waals surface area contributed by atoms with Crippen LogP contribution in [0.1, 0.15) is 5.89 Å². The molecule has 3 aromatic rings. The first kappa shape index (κ1) is 14.4. The number of rotatable bonds is 3. The molecule has 7 heteroatoms. The van der Waals surface area contributed by atoms with Crippen LogP contribution in [0.2, 0.25) is 10.0 Å². The predicted molar refractivity (Wildman–Crippen MR) is 85.0 cm³/mol. The van der Waals surface area contributed by atoms with E-state index in [1.165, 1.54) is 0 Å². The average Bonchev–Trinajstić information content (AvgIpc) is 2.83. The van der Waals surface area contributed by atoms with E-state index in [4.69, 9.17) is 33.4 Å². The fourth-order valence-corrected chi connectivity index (χ4v) is 3.21. The van der Waals surface area contributed by atoms with Crippen molar-refractivity contribution in [2.24, 2.45) is 0 Å². The molecule has 108 valence electrons. The molecule has 0 spiro atoms. The highest BCUT2D eigenvalue weighted by Gasteiger charge is 2.12. The molecule has 0 aliphatic carbocycles. The van der Waals surface area contributed by atoms with Gasteiger partial charge in [-0.2, -0.15) is 0 Å². The molecule has 0 saturated carbocycles. The standard InChI is InChI=1S/C14H10Cl2N2O2S/c15-10-3-2-9(6-11(10)16)21(19)7-14-18-12-5-8(17)1-4-13(12)20-14/h1-6H,7,17H2. The van der Waals surface area contributed by atoms with Gasteiger partial charge >= 0.3 is 0 Å². The van der Waals surface area contributed by atoms with Gasteiger partial charge in [-0.05, 0) is 36.4 Å². The van der Waals surface area contributed by atoms with Crippen molar-refractivity contribution in [3.05, 3.63) is 52.3 Å². The quantitative estimate of drug-likeness (QED) is 0.731. The van der Waals surface area contributed by atoms with Crippen molar-refractivity contribution in [1.29, 1.82) is 0 Å². The fourth-order valence-electron chi connectivity index (χ4n) is 1.87. The summed E-state index contributed by atoms with van der Waals surface area (Å²) in [4.78, 5) is 4.86. The minimum atomic E-state index is -1.32. The number of hydrogen-bond donors (Lipinski definition) is 1. The van der Waals surface area contributed by atoms with Gasteiger partial charge in [0.15, 0.2) is 5.58 Å². The molecule has 3 rings (SSSR count). The third kappa shape index (κ3) is 3.05. The molecule has 0 fully saturated rings. The Morgan fingerprint density at radius 3 is 2.71 bits per heavy atom. The van der Waals surface area contributed by atoms with Crippen LogP contribution in [0.4, 0.5) is 5.69 Å². The Kier molecular flexibility index (Phi) is 3.89. The molecule has 1 heterocycles. The number of nitrogens with two attached hydrogens (primary N) is 1. The zero-order valence-corrected chi connectivity index (χ0v) is 13.0. The van der Waals surface area contributed by atoms with Gasteiger partial charge in [-0.15, -0.1) is 0 Å². The van der Waals surface area contributed by atoms with E-state index in [0.29, 0.717) is 37.6 Å². The summed E-state index contributed by atoms with van der Waals surface area (Å²) in [5.41, 5.74) is 7.56. The fraction of sp³-hybridized carbons (Fsp3) is 0.0714. The number of halogens is 2. The van der Waals surface area contributed by atoms with Gasteiger partial charge in [-0.1, -0.05) is 23.2 Å². The van der Waals surface area contributed by atoms with E-state index in [0.717, 1.165) is 0 Å². The normalized spacial score (nSPS) is 12.7. The number of nitrogen functional groups attached to an aromatic ring is 1. The van der Waals surface area contributed by atoms with Crippen LogP contribution in [0.3, 0.4) is 0 Å². The van der Waals surface area contributed by atoms with E-state index >= 15 is 0 Å². The van der Waals surface area contributed by atoms with Crippen LogP contribution in [0.5, 0.6) is 0 Å². The van der Waals surface area contributed by atoms with E-state index < -0.39 is 10.8 Å². The third-order valence-corrected chi connectivity index (χ3v) is 4.89. The Bertz CT molecular complexity index is 848. The third-order valence-electron chi connectivity index (χ3n) is 2.86. The van der Waals surface area contributed by atoms with Gasteiger partial charge < -0.3 is 10.2 Å². The van der Waals surface area contributed by atoms with Crippen molar-refractivity contribution < 1.29 is 8.63 Å². The molecule has 0 aliphatic heterocycles. The van der Waals surface area contributed by atoms with E-state index in [9.17, 15) is 4.21 Å². The Morgan fingerprint density at radius 1 is 1.14 bits per heavy atom. The van der Waals surface area contributed by atoms with Crippen LogP contribution < -0.4 is 5.73 Å². The second-order valence-corrected chi connectivity index (χ2v) is 6.67. The number of nitrogens with zero attached hydrogens (tertiary/aromatic N) is 1. The highest BCUT2D eigenvalue weighted by atomic mass is 35.5. The van der Waals surface area contributed by atoms with Crippen LogP contribution in [-0.4, -0.2) is 9.19 Å². The van der Waals surface area contributed by atoms with Crippen LogP contribution in [0, 0.1) is 0 Å². The smallest absolute Gasteiger partial charge is 0.208 e. The van der Waals surface area contributed by atoms with Gasteiger partial charge in [0.25, 0.3) is 0 Å². The zero-order valence-electron chi connectivity index (χ0n) is 10.7. The average molecular weight is 341 g/mol. The Morgan fingerprint density at radius 2 is 1.95 bits per heavy atom. The monoisotopic (exact) mass is 340 g/mol. The van der Waals surface area contributed by atoms with Gasteiger partial charge in [0.05, 0.1) is 20.8 Å². The Hall–Kier alpha value is -1.56. The van der Waals surface area contributed by atoms with Gasteiger partial charge in [-0.3, -0.25) is 4.21 Å². The number of anilines is 1. The molecule has 1 atom stereocenters. The largest absolute Gasteiger partial charge is 0.440 e. The van der Waals surface area contributed by atoms with Gasteiger partial charge in [0.2, 0.25) is 5.89 Å². The van der Waals surface area contributed by atoms with Crippen molar-refractivity contribution in [3.63, 3.8) is 0 Å². The van der Waals surface area contributed by atoms with Crippen LogP contribution >= 0.6 is 23.2 Å². The van der Waals surface area contributed by atoms with E-state index in [-0.39, 0.29) is 5.75 Å². The van der Waals surface area contributed by atoms with Crippen molar-refractivity contribution in [2.75, 3.05) is 5.73 Å². The molecule has 0 amide bonds. The molecule has 0 aliphatic rings. The van der Waals surface area contributed by atoms with Crippen molar-refractivity contribution in [2.45, 2.75) is 10.6 Å². The summed E-state index contributed by atoms with van der Waals surface area (Å²) in [6.07, 6.45) is 0. The predicted octanol–water partition coefficient (Wildman–Crippen LogP) is 4.02. The molecule has 1 unspecified atom stereocenters. The van der Waals surface area contributed by atoms with Crippen molar-refractivity contribution >= 4 is 50.8 Å². The van der Waals surface area contributed by atoms with E-state index in [1.54, 1.807) is 36.4 Å². The summed E-state index contributed by atoms with van der Waals surface area (Å²) in [6.45, 7) is 0. The molecule has 2 aromatic carbocycles. The van der Waals surface area contributed by atoms with Gasteiger partial charge in [-0.25, -0.2) is 4.98 Å². The maximum Gasteiger partial charge on any atom is 0.208 e. The number of benzene rings is 2. The van der Waals surface area contributed by atoms with Crippen LogP contribution in [0.25, 0.3) is 11.1 Å². The molecule has 0 saturated heterocycles. The highest BCUT2D eigenvalue weighted by molar-refractivity contribution is 7.84. The van der Waals surface area contributed by atoms with Gasteiger partial charge in [0.1, 0.15) is 11.3 Å². The topological polar surface area (TPSA) is 69.1 Å². The minimum absolute atomic E-state index is 0.159. The second kappa shape index (κ2) is 5.67. The number of oxazole rings is 1. The molecule has 2 N–H and O–H groups in total. The molecule has 4 nitrogen and oxygen atoms in total. The Balaban J connectivity index is 1.87. The van der Waals surface area contributed by atoms with E-state index in [2.05, 4.69) is 4.98 Å². The lowest BCUT2D eigenvalue weighted by atomic mass is 10.3. The molecule has 0 radical (unpaired) electrons. The van der Waals surface area contributed by atoms with Crippen LogP contribution in [0.15, 0.2) is 45.7 Å². The first-order valence-electron chi connectivity index (χ1n) is 6.01. The summed E-state index contributed by atoms with van der Waals surface area (Å²) < 4.78 is 17.9. The molecule has 21 heavy (non-hydrogen) atoms. The second-order valence-electron chi connectivity index (χ2n) is 4.40. The maximum atomic E-state index is 12.3. The molecular weight excluding hydrogens is 331 g/mol. The molecule has 0 bridgehead atoms. The Labute approximate surface area is 133 Å². The van der Waals surface area contributed by atoms with E-state index in [1.807, 2.05) is 0 Å². The number of hydrogen-bond acceptors (Lipinski definition) is 4. The van der Waals surface area contributed by atoms with Gasteiger partial charge in [0, 0.05) is 10.6 Å². The summed E-state index contributed by atoms with van der Waals surface area (Å²) in [5, 5.41) is 0.794. The summed E-state index contributed by atoms with van der Waals surface area (Å²) in [5.74, 6) is 0.548. The van der Waals surface area contributed by atoms with Crippen molar-refractivity contribution in [3.8, 4) is 0 Å². The maximum absolute atomic E-state index is 12.3. The summed E-state index contributed by atoms with van der Waals surface area (Å²) in [7, 11) is -1.32. The SMILES string of the molecule is Nc1ccc2oc(CS(=O)c3ccc(Cl)c(Cl)c3)nc2c1. The molecular formula is C14H10Cl2N2O2S. The summed E-state index contributed by atoms with van der Waals surface area (Å²) >= 11 is 11.8. The zero-order chi connectivity index (χ0) is 15.0. The first-order valence-corrected chi connectivity index (χ1v) is 8.09. The lowest BCUT2D eigenvalue weighted by Crippen LogP contribution is -1.96. The molecule has 1 aromatic heterocycles. The highest BCUT2D eigenvalue weighted by Crippen LogP contribution is 2.26. The lowest BCUT2D eigenvalue weighted by Gasteiger charge is -2.01. The number of aromatic nitrogens is 1. The summed E-state index contributed by atoms with van der Waals surface area (Å²) in [6, 6.07) is 10.1. The van der Waals surface area contributed by atoms with Crippen molar-refractivity contribution in [1.82, 2.24) is 4.98 Å². The number of fused-ring (bicyclic) bond motifs is 1.